The molecule has 1 aromatic carbocycles. The van der Waals surface area contributed by atoms with Crippen molar-refractivity contribution in [3.8, 4) is 0 Å². The molecule has 0 spiro atoms. The van der Waals surface area contributed by atoms with Crippen molar-refractivity contribution in [1.29, 1.82) is 0 Å². The molecule has 4 nitrogen and oxygen atoms in total. The maximum atomic E-state index is 10.5. The molecule has 0 heterocycles. The van der Waals surface area contributed by atoms with Crippen molar-refractivity contribution in [2.24, 2.45) is 5.41 Å². The van der Waals surface area contributed by atoms with Crippen molar-refractivity contribution < 1.29 is 4.92 Å². The summed E-state index contributed by atoms with van der Waals surface area (Å²) in [6, 6.07) is 4.45. The largest absolute Gasteiger partial charge is 0.384 e. The van der Waals surface area contributed by atoms with Gasteiger partial charge in [-0.25, -0.2) is 0 Å². The Morgan fingerprint density at radius 1 is 1.41 bits per heavy atom. The smallest absolute Gasteiger partial charge is 0.271 e. The van der Waals surface area contributed by atoms with Gasteiger partial charge in [0.1, 0.15) is 0 Å². The maximum absolute atomic E-state index is 10.5. The number of nitro groups is 1. The maximum Gasteiger partial charge on any atom is 0.271 e. The van der Waals surface area contributed by atoms with Gasteiger partial charge >= 0.3 is 0 Å². The van der Waals surface area contributed by atoms with E-state index < -0.39 is 4.92 Å². The summed E-state index contributed by atoms with van der Waals surface area (Å²) < 4.78 is 0. The highest BCUT2D eigenvalue weighted by molar-refractivity contribution is 6.33. The highest BCUT2D eigenvalue weighted by Gasteiger charge is 2.11. The highest BCUT2D eigenvalue weighted by atomic mass is 35.5. The van der Waals surface area contributed by atoms with Crippen molar-refractivity contribution in [2.45, 2.75) is 27.2 Å². The average Bonchev–Trinajstić information content (AvgIpc) is 2.18. The first-order valence-electron chi connectivity index (χ1n) is 5.47. The van der Waals surface area contributed by atoms with Crippen molar-refractivity contribution >= 4 is 23.0 Å². The Morgan fingerprint density at radius 3 is 2.53 bits per heavy atom. The molecule has 0 aliphatic rings. The lowest BCUT2D eigenvalue weighted by molar-refractivity contribution is -0.384. The zero-order chi connectivity index (χ0) is 13.1. The van der Waals surface area contributed by atoms with Crippen LogP contribution in [0.5, 0.6) is 0 Å². The van der Waals surface area contributed by atoms with Crippen LogP contribution in [0, 0.1) is 15.5 Å². The summed E-state index contributed by atoms with van der Waals surface area (Å²) in [5.41, 5.74) is 0.998. The van der Waals surface area contributed by atoms with E-state index in [-0.39, 0.29) is 11.1 Å². The standard InChI is InChI=1S/C12H17ClN2O2/c1-12(2,3)6-7-14-11-5-4-9(15(16)17)8-10(11)13/h4-5,8,14H,6-7H2,1-3H3. The molecule has 1 aromatic rings. The molecule has 0 fully saturated rings. The molecule has 0 saturated heterocycles. The van der Waals surface area contributed by atoms with Crippen LogP contribution in [-0.4, -0.2) is 11.5 Å². The Balaban J connectivity index is 2.64. The number of hydrogen-bond donors (Lipinski definition) is 1. The van der Waals surface area contributed by atoms with E-state index in [4.69, 9.17) is 11.6 Å². The predicted molar refractivity (Wildman–Crippen MR) is 70.7 cm³/mol. The van der Waals surface area contributed by atoms with Gasteiger partial charge in [-0.3, -0.25) is 10.1 Å². The summed E-state index contributed by atoms with van der Waals surface area (Å²) in [5.74, 6) is 0. The van der Waals surface area contributed by atoms with Gasteiger partial charge in [-0.2, -0.15) is 0 Å². The normalized spacial score (nSPS) is 11.3. The first kappa shape index (κ1) is 13.8. The lowest BCUT2D eigenvalue weighted by Crippen LogP contribution is -2.13. The Morgan fingerprint density at radius 2 is 2.06 bits per heavy atom. The molecule has 17 heavy (non-hydrogen) atoms. The highest BCUT2D eigenvalue weighted by Crippen LogP contribution is 2.27. The monoisotopic (exact) mass is 256 g/mol. The third-order valence-electron chi connectivity index (χ3n) is 2.35. The Kier molecular flexibility index (Phi) is 4.34. The minimum absolute atomic E-state index is 0.0105. The fraction of sp³-hybridized carbons (Fsp3) is 0.500. The zero-order valence-corrected chi connectivity index (χ0v) is 11.0. The third kappa shape index (κ3) is 4.61. The van der Waals surface area contributed by atoms with Gasteiger partial charge in [0.15, 0.2) is 0 Å². The first-order chi connectivity index (χ1) is 7.79. The SMILES string of the molecule is CC(C)(C)CCNc1ccc([N+](=O)[O-])cc1Cl. The molecule has 0 aliphatic heterocycles. The number of non-ortho nitro benzene ring substituents is 1. The molecule has 1 rings (SSSR count). The van der Waals surface area contributed by atoms with Gasteiger partial charge in [-0.1, -0.05) is 32.4 Å². The average molecular weight is 257 g/mol. The molecule has 0 bridgehead atoms. The van der Waals surface area contributed by atoms with Crippen LogP contribution < -0.4 is 5.32 Å². The molecule has 0 radical (unpaired) electrons. The summed E-state index contributed by atoms with van der Waals surface area (Å²) in [5, 5.41) is 14.1. The van der Waals surface area contributed by atoms with Crippen LogP contribution in [-0.2, 0) is 0 Å². The molecule has 0 saturated carbocycles. The van der Waals surface area contributed by atoms with Gasteiger partial charge in [-0.15, -0.1) is 0 Å². The van der Waals surface area contributed by atoms with Crippen molar-refractivity contribution in [3.05, 3.63) is 33.3 Å². The van der Waals surface area contributed by atoms with Gasteiger partial charge in [-0.05, 0) is 17.9 Å². The molecule has 0 unspecified atom stereocenters. The van der Waals surface area contributed by atoms with E-state index in [2.05, 4.69) is 26.1 Å². The van der Waals surface area contributed by atoms with E-state index in [9.17, 15) is 10.1 Å². The predicted octanol–water partition coefficient (Wildman–Crippen LogP) is 4.10. The van der Waals surface area contributed by atoms with Gasteiger partial charge < -0.3 is 5.32 Å². The molecular weight excluding hydrogens is 240 g/mol. The molecule has 0 aliphatic carbocycles. The fourth-order valence-corrected chi connectivity index (χ4v) is 1.57. The summed E-state index contributed by atoms with van der Waals surface area (Å²) >= 11 is 5.96. The number of nitrogens with zero attached hydrogens (tertiary/aromatic N) is 1. The minimum Gasteiger partial charge on any atom is -0.384 e. The van der Waals surface area contributed by atoms with Crippen LogP contribution in [0.2, 0.25) is 5.02 Å². The number of nitrogens with one attached hydrogen (secondary N) is 1. The Bertz CT molecular complexity index is 413. The van der Waals surface area contributed by atoms with E-state index in [0.29, 0.717) is 5.02 Å². The van der Waals surface area contributed by atoms with E-state index in [1.54, 1.807) is 6.07 Å². The van der Waals surface area contributed by atoms with Crippen LogP contribution in [0.1, 0.15) is 27.2 Å². The van der Waals surface area contributed by atoms with Crippen LogP contribution >= 0.6 is 11.6 Å². The third-order valence-corrected chi connectivity index (χ3v) is 2.67. The van der Waals surface area contributed by atoms with Crippen molar-refractivity contribution in [1.82, 2.24) is 0 Å². The fourth-order valence-electron chi connectivity index (χ4n) is 1.33. The molecule has 94 valence electrons. The molecule has 1 N–H and O–H groups in total. The zero-order valence-electron chi connectivity index (χ0n) is 10.3. The van der Waals surface area contributed by atoms with Crippen LogP contribution in [0.4, 0.5) is 11.4 Å². The Hall–Kier alpha value is -1.29. The van der Waals surface area contributed by atoms with Gasteiger partial charge in [0.25, 0.3) is 5.69 Å². The molecular formula is C12H17ClN2O2. The van der Waals surface area contributed by atoms with Crippen LogP contribution in [0.3, 0.4) is 0 Å². The molecule has 5 heteroatoms. The van der Waals surface area contributed by atoms with E-state index in [1.807, 2.05) is 0 Å². The van der Waals surface area contributed by atoms with Crippen molar-refractivity contribution in [3.63, 3.8) is 0 Å². The first-order valence-corrected chi connectivity index (χ1v) is 5.85. The molecule has 0 amide bonds. The summed E-state index contributed by atoms with van der Waals surface area (Å²) in [6.07, 6.45) is 1.00. The summed E-state index contributed by atoms with van der Waals surface area (Å²) in [4.78, 5) is 10.1. The summed E-state index contributed by atoms with van der Waals surface area (Å²) in [6.45, 7) is 7.27. The van der Waals surface area contributed by atoms with Gasteiger partial charge in [0, 0.05) is 18.7 Å². The quantitative estimate of drug-likeness (QED) is 0.652. The second kappa shape index (κ2) is 5.36. The second-order valence-electron chi connectivity index (χ2n) is 5.16. The second-order valence-corrected chi connectivity index (χ2v) is 5.57. The number of hydrogen-bond acceptors (Lipinski definition) is 3. The number of benzene rings is 1. The minimum atomic E-state index is -0.454. The van der Waals surface area contributed by atoms with Crippen LogP contribution in [0.15, 0.2) is 18.2 Å². The number of anilines is 1. The van der Waals surface area contributed by atoms with E-state index >= 15 is 0 Å². The van der Waals surface area contributed by atoms with Crippen LogP contribution in [0.25, 0.3) is 0 Å². The summed E-state index contributed by atoms with van der Waals surface area (Å²) in [7, 11) is 0. The topological polar surface area (TPSA) is 55.2 Å². The number of rotatable bonds is 4. The van der Waals surface area contributed by atoms with Gasteiger partial charge in [0.2, 0.25) is 0 Å². The lowest BCUT2D eigenvalue weighted by atomic mass is 9.92. The number of halogens is 1. The van der Waals surface area contributed by atoms with Gasteiger partial charge in [0.05, 0.1) is 15.6 Å². The van der Waals surface area contributed by atoms with E-state index in [1.165, 1.54) is 12.1 Å². The Labute approximate surface area is 106 Å². The van der Waals surface area contributed by atoms with Crippen molar-refractivity contribution in [2.75, 3.05) is 11.9 Å². The molecule has 0 aromatic heterocycles. The lowest BCUT2D eigenvalue weighted by Gasteiger charge is -2.18. The van der Waals surface area contributed by atoms with E-state index in [0.717, 1.165) is 18.7 Å². The number of nitro benzene ring substituents is 1. The molecule has 0 atom stereocenters.